The van der Waals surface area contributed by atoms with Crippen molar-refractivity contribution in [3.05, 3.63) is 0 Å². The summed E-state index contributed by atoms with van der Waals surface area (Å²) in [7, 11) is 19.8. The van der Waals surface area contributed by atoms with Crippen molar-refractivity contribution in [2.75, 3.05) is 83.1 Å². The molecule has 1 aliphatic rings. The topological polar surface area (TPSA) is 27.7 Å². The standard InChI is InChI=1S/C18H42N3O3.3ClH/c1-19(2,3)13-10-16-22-17(11-14-20(4,5)6)24-18(23-16)12-15-21(7,8)9;;;/h16-18H,10-15H2,1-9H3;3*1H/q+3;;;/p-3. The van der Waals surface area contributed by atoms with Gasteiger partial charge in [0.2, 0.25) is 0 Å². The second kappa shape index (κ2) is 13.0. The number of nitrogens with zero attached hydrogens (tertiary/aromatic N) is 3. The third kappa shape index (κ3) is 17.2. The van der Waals surface area contributed by atoms with E-state index in [1.807, 2.05) is 0 Å². The first-order valence-corrected chi connectivity index (χ1v) is 9.11. The molecule has 168 valence electrons. The van der Waals surface area contributed by atoms with Gasteiger partial charge in [0.15, 0.2) is 18.9 Å². The Kier molecular flexibility index (Phi) is 15.6. The van der Waals surface area contributed by atoms with E-state index in [0.29, 0.717) is 0 Å². The van der Waals surface area contributed by atoms with Crippen molar-refractivity contribution >= 4 is 0 Å². The third-order valence-electron chi connectivity index (χ3n) is 4.02. The SMILES string of the molecule is C[N+](C)(C)CCC1OC(CC[N+](C)(C)C)OC(CC[N+](C)(C)C)O1.[Cl-].[Cl-].[Cl-]. The molecule has 1 heterocycles. The van der Waals surface area contributed by atoms with Crippen LogP contribution in [0.25, 0.3) is 0 Å². The van der Waals surface area contributed by atoms with Gasteiger partial charge in [-0.1, -0.05) is 0 Å². The van der Waals surface area contributed by atoms with Gasteiger partial charge in [-0.15, -0.1) is 0 Å². The Bertz CT molecular complexity index is 320. The van der Waals surface area contributed by atoms with Crippen LogP contribution < -0.4 is 37.2 Å². The van der Waals surface area contributed by atoms with Crippen LogP contribution in [0.3, 0.4) is 0 Å². The first kappa shape index (κ1) is 32.3. The average Bonchev–Trinajstić information content (AvgIpc) is 2.38. The molecule has 0 bridgehead atoms. The monoisotopic (exact) mass is 453 g/mol. The molecule has 27 heavy (non-hydrogen) atoms. The fourth-order valence-electron chi connectivity index (χ4n) is 2.49. The quantitative estimate of drug-likeness (QED) is 0.324. The highest BCUT2D eigenvalue weighted by atomic mass is 35.5. The zero-order valence-electron chi connectivity index (χ0n) is 18.7. The summed E-state index contributed by atoms with van der Waals surface area (Å²) in [5.74, 6) is 0. The number of halogens is 3. The van der Waals surface area contributed by atoms with Crippen LogP contribution in [0.1, 0.15) is 19.3 Å². The zero-order chi connectivity index (χ0) is 18.6. The van der Waals surface area contributed by atoms with Gasteiger partial charge in [-0.2, -0.15) is 0 Å². The molecule has 0 aromatic carbocycles. The van der Waals surface area contributed by atoms with Crippen molar-refractivity contribution in [1.29, 1.82) is 0 Å². The predicted molar refractivity (Wildman–Crippen MR) is 97.2 cm³/mol. The summed E-state index contributed by atoms with van der Waals surface area (Å²) < 4.78 is 21.0. The number of hydrogen-bond donors (Lipinski definition) is 0. The Morgan fingerprint density at radius 1 is 0.444 bits per heavy atom. The molecule has 0 atom stereocenters. The molecule has 0 unspecified atom stereocenters. The van der Waals surface area contributed by atoms with Crippen LogP contribution in [0, 0.1) is 0 Å². The lowest BCUT2D eigenvalue weighted by Gasteiger charge is -2.38. The van der Waals surface area contributed by atoms with Gasteiger partial charge in [-0.3, -0.25) is 0 Å². The minimum absolute atomic E-state index is 0. The Morgan fingerprint density at radius 3 is 0.778 bits per heavy atom. The van der Waals surface area contributed by atoms with E-state index >= 15 is 0 Å². The molecule has 0 aromatic rings. The van der Waals surface area contributed by atoms with Gasteiger partial charge in [0.05, 0.1) is 83.1 Å². The lowest BCUT2D eigenvalue weighted by atomic mass is 10.3. The van der Waals surface area contributed by atoms with Gasteiger partial charge < -0.3 is 64.9 Å². The van der Waals surface area contributed by atoms with Crippen LogP contribution in [0.15, 0.2) is 0 Å². The van der Waals surface area contributed by atoms with Crippen LogP contribution >= 0.6 is 0 Å². The van der Waals surface area contributed by atoms with Crippen LogP contribution in [-0.2, 0) is 14.2 Å². The smallest absolute Gasteiger partial charge is 0.169 e. The van der Waals surface area contributed by atoms with Crippen molar-refractivity contribution in [3.63, 3.8) is 0 Å². The molecule has 0 aliphatic carbocycles. The van der Waals surface area contributed by atoms with Crippen LogP contribution in [0.4, 0.5) is 0 Å². The molecule has 0 amide bonds. The normalized spacial score (nSPS) is 23.7. The van der Waals surface area contributed by atoms with Gasteiger partial charge in [-0.25, -0.2) is 0 Å². The van der Waals surface area contributed by atoms with E-state index in [-0.39, 0.29) is 56.1 Å². The highest BCUT2D eigenvalue weighted by Gasteiger charge is 2.33. The van der Waals surface area contributed by atoms with Crippen LogP contribution in [0.5, 0.6) is 0 Å². The summed E-state index contributed by atoms with van der Waals surface area (Å²) in [6.07, 6.45) is 2.21. The Balaban J connectivity index is -0.00000192. The lowest BCUT2D eigenvalue weighted by molar-refractivity contribution is -0.873. The molecular weight excluding hydrogens is 413 g/mol. The Labute approximate surface area is 186 Å². The van der Waals surface area contributed by atoms with E-state index in [9.17, 15) is 0 Å². The fraction of sp³-hybridized carbons (Fsp3) is 1.00. The maximum Gasteiger partial charge on any atom is 0.169 e. The minimum atomic E-state index is -0.161. The first-order chi connectivity index (χ1) is 10.7. The lowest BCUT2D eigenvalue weighted by Crippen LogP contribution is -3.00. The largest absolute Gasteiger partial charge is 1.00 e. The number of quaternary nitrogens is 3. The van der Waals surface area contributed by atoms with E-state index < -0.39 is 0 Å². The van der Waals surface area contributed by atoms with Gasteiger partial charge in [0.25, 0.3) is 0 Å². The summed E-state index contributed by atoms with van der Waals surface area (Å²) in [5.41, 5.74) is 0. The highest BCUT2D eigenvalue weighted by molar-refractivity contribution is 4.60. The average molecular weight is 455 g/mol. The van der Waals surface area contributed by atoms with Crippen molar-refractivity contribution < 1.29 is 64.9 Å². The molecule has 9 heteroatoms. The molecule has 1 aliphatic heterocycles. The fourth-order valence-corrected chi connectivity index (χ4v) is 2.49. The molecule has 0 N–H and O–H groups in total. The van der Waals surface area contributed by atoms with Gasteiger partial charge in [0, 0.05) is 19.3 Å². The zero-order valence-corrected chi connectivity index (χ0v) is 20.9. The van der Waals surface area contributed by atoms with Crippen LogP contribution in [-0.4, -0.2) is 115 Å². The molecule has 0 radical (unpaired) electrons. The Morgan fingerprint density at radius 2 is 0.630 bits per heavy atom. The van der Waals surface area contributed by atoms with Gasteiger partial charge >= 0.3 is 0 Å². The summed E-state index contributed by atoms with van der Waals surface area (Å²) >= 11 is 0. The number of ether oxygens (including phenoxy) is 3. The van der Waals surface area contributed by atoms with E-state index in [2.05, 4.69) is 63.4 Å². The molecule has 0 spiro atoms. The molecular formula is C18H42Cl3N3O3. The minimum Gasteiger partial charge on any atom is -1.00 e. The molecule has 1 saturated heterocycles. The maximum absolute atomic E-state index is 6.07. The first-order valence-electron chi connectivity index (χ1n) is 9.11. The van der Waals surface area contributed by atoms with Crippen molar-refractivity contribution in [2.45, 2.75) is 38.1 Å². The number of rotatable bonds is 9. The second-order valence-electron chi connectivity index (χ2n) is 10.1. The second-order valence-corrected chi connectivity index (χ2v) is 10.1. The predicted octanol–water partition coefficient (Wildman–Crippen LogP) is -7.67. The van der Waals surface area contributed by atoms with E-state index in [1.54, 1.807) is 0 Å². The van der Waals surface area contributed by atoms with E-state index in [4.69, 9.17) is 14.2 Å². The summed E-state index contributed by atoms with van der Waals surface area (Å²) in [5, 5.41) is 0. The maximum atomic E-state index is 6.07. The van der Waals surface area contributed by atoms with E-state index in [1.165, 1.54) is 0 Å². The number of hydrogen-bond acceptors (Lipinski definition) is 3. The molecule has 0 saturated carbocycles. The van der Waals surface area contributed by atoms with Crippen molar-refractivity contribution in [3.8, 4) is 0 Å². The van der Waals surface area contributed by atoms with Crippen molar-refractivity contribution in [1.82, 2.24) is 0 Å². The molecule has 6 nitrogen and oxygen atoms in total. The summed E-state index contributed by atoms with van der Waals surface area (Å²) in [6, 6.07) is 0. The molecule has 1 rings (SSSR count). The van der Waals surface area contributed by atoms with Crippen LogP contribution in [0.2, 0.25) is 0 Å². The summed E-state index contributed by atoms with van der Waals surface area (Å²) in [6.45, 7) is 3.07. The van der Waals surface area contributed by atoms with Gasteiger partial charge in [0.1, 0.15) is 0 Å². The van der Waals surface area contributed by atoms with Gasteiger partial charge in [-0.05, 0) is 0 Å². The summed E-state index contributed by atoms with van der Waals surface area (Å²) in [4.78, 5) is 0. The third-order valence-corrected chi connectivity index (χ3v) is 4.02. The van der Waals surface area contributed by atoms with E-state index in [0.717, 1.165) is 52.3 Å². The Hall–Kier alpha value is 0.630. The van der Waals surface area contributed by atoms with Crippen molar-refractivity contribution in [2.24, 2.45) is 0 Å². The highest BCUT2D eigenvalue weighted by Crippen LogP contribution is 2.23. The molecule has 0 aromatic heterocycles. The molecule has 1 fully saturated rings.